The van der Waals surface area contributed by atoms with Gasteiger partial charge in [0.05, 0.1) is 0 Å². The van der Waals surface area contributed by atoms with Gasteiger partial charge in [-0.05, 0) is 37.3 Å². The van der Waals surface area contributed by atoms with Crippen LogP contribution in [0.25, 0.3) is 0 Å². The highest BCUT2D eigenvalue weighted by Crippen LogP contribution is 2.27. The molecule has 0 aromatic heterocycles. The molecule has 0 heterocycles. The fourth-order valence-electron chi connectivity index (χ4n) is 1.62. The van der Waals surface area contributed by atoms with E-state index in [1.807, 2.05) is 0 Å². The average Bonchev–Trinajstić information content (AvgIpc) is 2.38. The summed E-state index contributed by atoms with van der Waals surface area (Å²) < 4.78 is 0. The summed E-state index contributed by atoms with van der Waals surface area (Å²) in [6.07, 6.45) is 0. The van der Waals surface area contributed by atoms with Crippen LogP contribution in [0.15, 0.2) is 36.4 Å². The van der Waals surface area contributed by atoms with Crippen LogP contribution in [0.1, 0.15) is 15.9 Å². The number of carbonyl (C=O) groups is 1. The molecule has 0 saturated carbocycles. The topological polar surface area (TPSA) is 89.8 Å². The summed E-state index contributed by atoms with van der Waals surface area (Å²) in [6.45, 7) is 1.68. The second-order valence-electron chi connectivity index (χ2n) is 4.11. The number of amides is 1. The highest BCUT2D eigenvalue weighted by molar-refractivity contribution is 6.05. The van der Waals surface area contributed by atoms with Gasteiger partial charge < -0.3 is 20.6 Å². The quantitative estimate of drug-likeness (QED) is 0.623. The van der Waals surface area contributed by atoms with Crippen LogP contribution >= 0.6 is 0 Å². The largest absolute Gasteiger partial charge is 0.508 e. The number of phenols is 3. The smallest absolute Gasteiger partial charge is 0.255 e. The molecule has 5 heteroatoms. The molecule has 0 unspecified atom stereocenters. The zero-order chi connectivity index (χ0) is 14.0. The van der Waals surface area contributed by atoms with E-state index in [9.17, 15) is 20.1 Å². The molecule has 1 amide bonds. The summed E-state index contributed by atoms with van der Waals surface area (Å²) in [5.41, 5.74) is 1.24. The number of rotatable bonds is 2. The molecular weight excluding hydrogens is 246 g/mol. The lowest BCUT2D eigenvalue weighted by Gasteiger charge is -2.09. The highest BCUT2D eigenvalue weighted by atomic mass is 16.3. The minimum absolute atomic E-state index is 0.0892. The van der Waals surface area contributed by atoms with Gasteiger partial charge in [-0.2, -0.15) is 0 Å². The molecule has 0 radical (unpaired) electrons. The van der Waals surface area contributed by atoms with Crippen molar-refractivity contribution in [2.24, 2.45) is 0 Å². The maximum Gasteiger partial charge on any atom is 0.255 e. The van der Waals surface area contributed by atoms with E-state index in [4.69, 9.17) is 0 Å². The molecule has 0 spiro atoms. The number of anilines is 1. The summed E-state index contributed by atoms with van der Waals surface area (Å²) >= 11 is 0. The van der Waals surface area contributed by atoms with Crippen molar-refractivity contribution in [3.8, 4) is 17.2 Å². The predicted molar refractivity (Wildman–Crippen MR) is 70.6 cm³/mol. The minimum Gasteiger partial charge on any atom is -0.508 e. The van der Waals surface area contributed by atoms with Crippen LogP contribution < -0.4 is 5.32 Å². The van der Waals surface area contributed by atoms with Crippen LogP contribution in [0.2, 0.25) is 0 Å². The van der Waals surface area contributed by atoms with Gasteiger partial charge in [-0.3, -0.25) is 4.79 Å². The lowest BCUT2D eigenvalue weighted by Crippen LogP contribution is -2.12. The van der Waals surface area contributed by atoms with Crippen molar-refractivity contribution in [1.82, 2.24) is 0 Å². The van der Waals surface area contributed by atoms with Gasteiger partial charge in [0.1, 0.15) is 5.75 Å². The first-order valence-corrected chi connectivity index (χ1v) is 5.61. The number of nitrogens with one attached hydrogen (secondary N) is 1. The Labute approximate surface area is 109 Å². The fourth-order valence-corrected chi connectivity index (χ4v) is 1.62. The standard InChI is InChI=1S/C14H13NO4/c1-8-10(3-2-4-11(8)16)15-14(19)9-5-6-12(17)13(18)7-9/h2-7,16-18H,1H3,(H,15,19). The number of hydrogen-bond donors (Lipinski definition) is 4. The van der Waals surface area contributed by atoms with Crippen molar-refractivity contribution < 1.29 is 20.1 Å². The number of benzene rings is 2. The van der Waals surface area contributed by atoms with Gasteiger partial charge >= 0.3 is 0 Å². The lowest BCUT2D eigenvalue weighted by molar-refractivity contribution is 0.102. The number of carbonyl (C=O) groups excluding carboxylic acids is 1. The van der Waals surface area contributed by atoms with Crippen molar-refractivity contribution in [2.75, 3.05) is 5.32 Å². The molecule has 5 nitrogen and oxygen atoms in total. The third kappa shape index (κ3) is 2.60. The van der Waals surface area contributed by atoms with Crippen LogP contribution in [0.3, 0.4) is 0 Å². The minimum atomic E-state index is -0.441. The van der Waals surface area contributed by atoms with E-state index in [0.29, 0.717) is 11.3 Å². The first-order chi connectivity index (χ1) is 8.99. The van der Waals surface area contributed by atoms with Crippen LogP contribution in [-0.2, 0) is 0 Å². The molecule has 0 atom stereocenters. The van der Waals surface area contributed by atoms with E-state index in [1.54, 1.807) is 19.1 Å². The van der Waals surface area contributed by atoms with E-state index in [1.165, 1.54) is 24.3 Å². The highest BCUT2D eigenvalue weighted by Gasteiger charge is 2.11. The molecule has 4 N–H and O–H groups in total. The Bertz CT molecular complexity index is 637. The predicted octanol–water partition coefficient (Wildman–Crippen LogP) is 2.36. The third-order valence-electron chi connectivity index (χ3n) is 2.79. The van der Waals surface area contributed by atoms with Crippen molar-refractivity contribution in [3.05, 3.63) is 47.5 Å². The zero-order valence-corrected chi connectivity index (χ0v) is 10.2. The summed E-state index contributed by atoms with van der Waals surface area (Å²) in [7, 11) is 0. The molecule has 19 heavy (non-hydrogen) atoms. The van der Waals surface area contributed by atoms with Gasteiger partial charge in [-0.1, -0.05) is 6.07 Å². The molecule has 98 valence electrons. The summed E-state index contributed by atoms with van der Waals surface area (Å²) in [5, 5.41) is 30.7. The van der Waals surface area contributed by atoms with E-state index < -0.39 is 5.91 Å². The summed E-state index contributed by atoms with van der Waals surface area (Å²) in [5.74, 6) is -0.999. The van der Waals surface area contributed by atoms with Crippen molar-refractivity contribution in [3.63, 3.8) is 0 Å². The Hall–Kier alpha value is -2.69. The van der Waals surface area contributed by atoms with E-state index >= 15 is 0 Å². The number of aromatic hydroxyl groups is 3. The Kier molecular flexibility index (Phi) is 3.29. The van der Waals surface area contributed by atoms with Gasteiger partial charge in [0.15, 0.2) is 11.5 Å². The molecular formula is C14H13NO4. The molecule has 0 bridgehead atoms. The normalized spacial score (nSPS) is 10.2. The van der Waals surface area contributed by atoms with Crippen LogP contribution in [0.5, 0.6) is 17.2 Å². The summed E-state index contributed by atoms with van der Waals surface area (Å²) in [6, 6.07) is 8.60. The number of phenolic OH excluding ortho intramolecular Hbond substituents is 3. The van der Waals surface area contributed by atoms with E-state index in [0.717, 1.165) is 0 Å². The molecule has 0 aliphatic rings. The molecule has 0 aliphatic heterocycles. The SMILES string of the molecule is Cc1c(O)cccc1NC(=O)c1ccc(O)c(O)c1. The molecule has 2 rings (SSSR count). The van der Waals surface area contributed by atoms with Crippen molar-refractivity contribution >= 4 is 11.6 Å². The second-order valence-corrected chi connectivity index (χ2v) is 4.11. The lowest BCUT2D eigenvalue weighted by atomic mass is 10.1. The van der Waals surface area contributed by atoms with E-state index in [2.05, 4.69) is 5.32 Å². The maximum atomic E-state index is 12.0. The number of hydrogen-bond acceptors (Lipinski definition) is 4. The average molecular weight is 259 g/mol. The zero-order valence-electron chi connectivity index (χ0n) is 10.2. The van der Waals surface area contributed by atoms with Gasteiger partial charge in [0, 0.05) is 16.8 Å². The molecule has 0 saturated heterocycles. The van der Waals surface area contributed by atoms with E-state index in [-0.39, 0.29) is 22.8 Å². The Morgan fingerprint density at radius 3 is 2.42 bits per heavy atom. The second kappa shape index (κ2) is 4.89. The van der Waals surface area contributed by atoms with Crippen molar-refractivity contribution in [2.45, 2.75) is 6.92 Å². The summed E-state index contributed by atoms with van der Waals surface area (Å²) in [4.78, 5) is 12.0. The van der Waals surface area contributed by atoms with Gasteiger partial charge in [-0.15, -0.1) is 0 Å². The Balaban J connectivity index is 2.26. The Morgan fingerprint density at radius 1 is 1.00 bits per heavy atom. The van der Waals surface area contributed by atoms with Crippen LogP contribution in [0.4, 0.5) is 5.69 Å². The third-order valence-corrected chi connectivity index (χ3v) is 2.79. The van der Waals surface area contributed by atoms with Crippen LogP contribution in [0, 0.1) is 6.92 Å². The first-order valence-electron chi connectivity index (χ1n) is 5.61. The maximum absolute atomic E-state index is 12.0. The molecule has 0 aliphatic carbocycles. The fraction of sp³-hybridized carbons (Fsp3) is 0.0714. The Morgan fingerprint density at radius 2 is 1.74 bits per heavy atom. The van der Waals surface area contributed by atoms with Gasteiger partial charge in [-0.25, -0.2) is 0 Å². The monoisotopic (exact) mass is 259 g/mol. The van der Waals surface area contributed by atoms with Crippen molar-refractivity contribution in [1.29, 1.82) is 0 Å². The first kappa shape index (κ1) is 12.8. The molecule has 0 fully saturated rings. The van der Waals surface area contributed by atoms with Crippen LogP contribution in [-0.4, -0.2) is 21.2 Å². The van der Waals surface area contributed by atoms with Gasteiger partial charge in [0.25, 0.3) is 5.91 Å². The van der Waals surface area contributed by atoms with Gasteiger partial charge in [0.2, 0.25) is 0 Å². The molecule has 2 aromatic rings. The molecule has 2 aromatic carbocycles.